The van der Waals surface area contributed by atoms with Crippen LogP contribution in [0.15, 0.2) is 63.8 Å². The molecule has 8 heteroatoms. The number of nitrogens with zero attached hydrogens (tertiary/aromatic N) is 2. The summed E-state index contributed by atoms with van der Waals surface area (Å²) in [7, 11) is 0. The summed E-state index contributed by atoms with van der Waals surface area (Å²) in [5.74, 6) is -0.866. The molecule has 0 bridgehead atoms. The number of anilines is 1. The Morgan fingerprint density at radius 2 is 1.97 bits per heavy atom. The quantitative estimate of drug-likeness (QED) is 0.743. The molecule has 0 saturated heterocycles. The van der Waals surface area contributed by atoms with E-state index in [1.807, 2.05) is 16.8 Å². The SMILES string of the molecule is N#CC1=C(N)N(c2ccccc2C(F)(F)F)C2=C(C(=O)CCC2)[C@H]1c1ccsc1. The van der Waals surface area contributed by atoms with Crippen LogP contribution >= 0.6 is 11.3 Å². The van der Waals surface area contributed by atoms with E-state index < -0.39 is 17.7 Å². The molecule has 148 valence electrons. The number of alkyl halides is 3. The molecule has 1 atom stereocenters. The lowest BCUT2D eigenvalue weighted by Crippen LogP contribution is -2.39. The number of allylic oxidation sites excluding steroid dienone is 3. The predicted octanol–water partition coefficient (Wildman–Crippen LogP) is 5.07. The number of para-hydroxylation sites is 1. The van der Waals surface area contributed by atoms with Crippen molar-refractivity contribution in [1.29, 1.82) is 5.26 Å². The Hall–Kier alpha value is -3.05. The second-order valence-corrected chi connectivity index (χ2v) is 7.67. The van der Waals surface area contributed by atoms with Gasteiger partial charge in [0.15, 0.2) is 5.78 Å². The van der Waals surface area contributed by atoms with Gasteiger partial charge in [0.1, 0.15) is 5.82 Å². The zero-order chi connectivity index (χ0) is 20.8. The van der Waals surface area contributed by atoms with Crippen LogP contribution in [0, 0.1) is 11.3 Å². The van der Waals surface area contributed by atoms with Crippen LogP contribution in [0.5, 0.6) is 0 Å². The lowest BCUT2D eigenvalue weighted by Gasteiger charge is -2.40. The number of hydrogen-bond acceptors (Lipinski definition) is 5. The molecular weight excluding hydrogens is 399 g/mol. The number of ketones is 1. The van der Waals surface area contributed by atoms with Gasteiger partial charge in [-0.05, 0) is 47.4 Å². The fraction of sp³-hybridized carbons (Fsp3) is 0.238. The van der Waals surface area contributed by atoms with Gasteiger partial charge >= 0.3 is 6.18 Å². The zero-order valence-corrected chi connectivity index (χ0v) is 16.0. The van der Waals surface area contributed by atoms with Gasteiger partial charge in [-0.15, -0.1) is 0 Å². The van der Waals surface area contributed by atoms with E-state index in [4.69, 9.17) is 5.73 Å². The Bertz CT molecular complexity index is 1080. The first-order chi connectivity index (χ1) is 13.8. The molecule has 1 aliphatic heterocycles. The number of nitrogens with two attached hydrogens (primary N) is 1. The van der Waals surface area contributed by atoms with Crippen LogP contribution in [0.2, 0.25) is 0 Å². The highest BCUT2D eigenvalue weighted by atomic mass is 32.1. The highest BCUT2D eigenvalue weighted by molar-refractivity contribution is 7.08. The molecule has 0 saturated carbocycles. The first-order valence-corrected chi connectivity index (χ1v) is 9.93. The molecule has 2 heterocycles. The summed E-state index contributed by atoms with van der Waals surface area (Å²) < 4.78 is 41.0. The Kier molecular flexibility index (Phi) is 4.71. The van der Waals surface area contributed by atoms with Gasteiger partial charge in [-0.2, -0.15) is 29.8 Å². The molecule has 2 aromatic rings. The highest BCUT2D eigenvalue weighted by Crippen LogP contribution is 2.48. The molecule has 2 aliphatic rings. The number of benzene rings is 1. The summed E-state index contributed by atoms with van der Waals surface area (Å²) in [5.41, 5.74) is 6.93. The number of carbonyl (C=O) groups is 1. The molecule has 0 spiro atoms. The van der Waals surface area contributed by atoms with Crippen LogP contribution in [-0.2, 0) is 11.0 Å². The van der Waals surface area contributed by atoms with Crippen LogP contribution < -0.4 is 10.6 Å². The fourth-order valence-corrected chi connectivity index (χ4v) is 4.73. The first kappa shape index (κ1) is 19.3. The van der Waals surface area contributed by atoms with Gasteiger partial charge in [-0.25, -0.2) is 0 Å². The smallest absolute Gasteiger partial charge is 0.384 e. The number of thiophene rings is 1. The number of halogens is 3. The van der Waals surface area contributed by atoms with E-state index in [0.29, 0.717) is 30.5 Å². The van der Waals surface area contributed by atoms with Crippen molar-refractivity contribution in [3.05, 3.63) is 74.9 Å². The zero-order valence-electron chi connectivity index (χ0n) is 15.2. The summed E-state index contributed by atoms with van der Waals surface area (Å²) in [6.07, 6.45) is -3.37. The third-order valence-corrected chi connectivity index (χ3v) is 5.94. The van der Waals surface area contributed by atoms with Crippen molar-refractivity contribution < 1.29 is 18.0 Å². The van der Waals surface area contributed by atoms with Crippen molar-refractivity contribution in [1.82, 2.24) is 0 Å². The normalized spacial score (nSPS) is 20.0. The first-order valence-electron chi connectivity index (χ1n) is 8.99. The average molecular weight is 415 g/mol. The summed E-state index contributed by atoms with van der Waals surface area (Å²) in [6, 6.07) is 8.95. The molecule has 1 aliphatic carbocycles. The molecule has 0 fully saturated rings. The third-order valence-electron chi connectivity index (χ3n) is 5.24. The van der Waals surface area contributed by atoms with Gasteiger partial charge < -0.3 is 5.73 Å². The number of hydrogen-bond donors (Lipinski definition) is 1. The molecular formula is C21H16F3N3OS. The van der Waals surface area contributed by atoms with Gasteiger partial charge in [0, 0.05) is 17.7 Å². The van der Waals surface area contributed by atoms with Crippen molar-refractivity contribution in [2.75, 3.05) is 4.90 Å². The molecule has 2 N–H and O–H groups in total. The Balaban J connectivity index is 2.01. The van der Waals surface area contributed by atoms with Crippen molar-refractivity contribution in [2.24, 2.45) is 5.73 Å². The molecule has 4 nitrogen and oxygen atoms in total. The third kappa shape index (κ3) is 3.12. The minimum atomic E-state index is -4.60. The lowest BCUT2D eigenvalue weighted by atomic mass is 9.76. The van der Waals surface area contributed by atoms with Crippen LogP contribution in [0.25, 0.3) is 0 Å². The van der Waals surface area contributed by atoms with E-state index in [2.05, 4.69) is 6.07 Å². The number of Topliss-reactive ketones (excluding diaryl/α,β-unsaturated/α-hetero) is 1. The van der Waals surface area contributed by atoms with Gasteiger partial charge in [-0.1, -0.05) is 12.1 Å². The Morgan fingerprint density at radius 1 is 1.21 bits per heavy atom. The van der Waals surface area contributed by atoms with Gasteiger partial charge in [-0.3, -0.25) is 9.69 Å². The summed E-state index contributed by atoms with van der Waals surface area (Å²) in [4.78, 5) is 14.1. The maximum absolute atomic E-state index is 13.7. The molecule has 0 radical (unpaired) electrons. The largest absolute Gasteiger partial charge is 0.418 e. The summed E-state index contributed by atoms with van der Waals surface area (Å²) >= 11 is 1.42. The topological polar surface area (TPSA) is 70.1 Å². The van der Waals surface area contributed by atoms with Crippen molar-refractivity contribution in [3.8, 4) is 6.07 Å². The van der Waals surface area contributed by atoms with Crippen molar-refractivity contribution in [3.63, 3.8) is 0 Å². The van der Waals surface area contributed by atoms with Crippen molar-refractivity contribution >= 4 is 22.8 Å². The predicted molar refractivity (Wildman–Crippen MR) is 104 cm³/mol. The number of rotatable bonds is 2. The highest BCUT2D eigenvalue weighted by Gasteiger charge is 2.43. The molecule has 0 unspecified atom stereocenters. The van der Waals surface area contributed by atoms with E-state index >= 15 is 0 Å². The van der Waals surface area contributed by atoms with E-state index in [9.17, 15) is 23.2 Å². The molecule has 0 amide bonds. The van der Waals surface area contributed by atoms with Crippen molar-refractivity contribution in [2.45, 2.75) is 31.4 Å². The summed E-state index contributed by atoms with van der Waals surface area (Å²) in [6.45, 7) is 0. The Labute approximate surface area is 169 Å². The van der Waals surface area contributed by atoms with Crippen LogP contribution in [0.1, 0.15) is 36.3 Å². The molecule has 1 aromatic heterocycles. The van der Waals surface area contributed by atoms with Crippen LogP contribution in [0.3, 0.4) is 0 Å². The van der Waals surface area contributed by atoms with E-state index in [1.54, 1.807) is 0 Å². The summed E-state index contributed by atoms with van der Waals surface area (Å²) in [5, 5.41) is 13.5. The minimum Gasteiger partial charge on any atom is -0.384 e. The maximum atomic E-state index is 13.7. The Morgan fingerprint density at radius 3 is 2.62 bits per heavy atom. The van der Waals surface area contributed by atoms with Gasteiger partial charge in [0.05, 0.1) is 28.8 Å². The number of carbonyl (C=O) groups excluding carboxylic acids is 1. The molecule has 29 heavy (non-hydrogen) atoms. The van der Waals surface area contributed by atoms with Gasteiger partial charge in [0.25, 0.3) is 0 Å². The van der Waals surface area contributed by atoms with Crippen LogP contribution in [0.4, 0.5) is 18.9 Å². The maximum Gasteiger partial charge on any atom is 0.418 e. The molecule has 1 aromatic carbocycles. The average Bonchev–Trinajstić information content (AvgIpc) is 3.21. The van der Waals surface area contributed by atoms with E-state index in [0.717, 1.165) is 11.6 Å². The van der Waals surface area contributed by atoms with E-state index in [1.165, 1.54) is 34.4 Å². The minimum absolute atomic E-state index is 0.0613. The standard InChI is InChI=1S/C21H16F3N3OS/c22-21(23,24)14-4-1-2-5-15(14)27-16-6-3-7-17(28)19(16)18(12-8-9-29-11-12)13(10-25)20(27)26/h1-2,4-5,8-9,11,18H,3,6-7,26H2/t18-/m0/s1. The number of nitriles is 1. The second-order valence-electron chi connectivity index (χ2n) is 6.89. The fourth-order valence-electron chi connectivity index (χ4n) is 4.04. The van der Waals surface area contributed by atoms with Crippen LogP contribution in [-0.4, -0.2) is 5.78 Å². The second kappa shape index (κ2) is 7.08. The van der Waals surface area contributed by atoms with E-state index in [-0.39, 0.29) is 22.9 Å². The lowest BCUT2D eigenvalue weighted by molar-refractivity contribution is -0.137. The molecule has 4 rings (SSSR count). The monoisotopic (exact) mass is 415 g/mol. The van der Waals surface area contributed by atoms with Gasteiger partial charge in [0.2, 0.25) is 0 Å².